The van der Waals surface area contributed by atoms with Crippen molar-refractivity contribution in [1.29, 1.82) is 5.26 Å². The summed E-state index contributed by atoms with van der Waals surface area (Å²) in [6.07, 6.45) is -4.40. The number of rotatable bonds is 4. The first-order valence-corrected chi connectivity index (χ1v) is 6.98. The maximum atomic E-state index is 12.2. The molecule has 0 saturated heterocycles. The van der Waals surface area contributed by atoms with Gasteiger partial charge in [-0.05, 0) is 37.1 Å². The van der Waals surface area contributed by atoms with Crippen LogP contribution in [0.15, 0.2) is 29.1 Å². The van der Waals surface area contributed by atoms with Gasteiger partial charge in [0.15, 0.2) is 6.61 Å². The summed E-state index contributed by atoms with van der Waals surface area (Å²) in [4.78, 5) is 12.2. The molecule has 0 spiro atoms. The van der Waals surface area contributed by atoms with E-state index >= 15 is 0 Å². The van der Waals surface area contributed by atoms with Crippen molar-refractivity contribution in [3.8, 4) is 11.8 Å². The Hall–Kier alpha value is -2.82. The molecule has 2 rings (SSSR count). The van der Waals surface area contributed by atoms with Crippen molar-refractivity contribution in [1.82, 2.24) is 9.78 Å². The monoisotopic (exact) mass is 337 g/mol. The van der Waals surface area contributed by atoms with Gasteiger partial charge >= 0.3 is 6.18 Å². The van der Waals surface area contributed by atoms with Crippen LogP contribution in [0.4, 0.5) is 13.2 Å². The fraction of sp³-hybridized carbons (Fsp3) is 0.312. The Balaban J connectivity index is 2.20. The molecule has 8 heteroatoms. The molecule has 0 fully saturated rings. The lowest BCUT2D eigenvalue weighted by Crippen LogP contribution is -2.28. The molecule has 2 aromatic rings. The minimum atomic E-state index is -4.40. The Kier molecular flexibility index (Phi) is 4.93. The molecule has 0 bridgehead atoms. The summed E-state index contributed by atoms with van der Waals surface area (Å²) in [5, 5.41) is 13.2. The second-order valence-corrected chi connectivity index (χ2v) is 5.21. The third-order valence-corrected chi connectivity index (χ3v) is 3.41. The molecule has 0 aliphatic rings. The molecule has 126 valence electrons. The average molecular weight is 337 g/mol. The highest BCUT2D eigenvalue weighted by molar-refractivity contribution is 5.36. The second-order valence-electron chi connectivity index (χ2n) is 5.21. The summed E-state index contributed by atoms with van der Waals surface area (Å²) in [6.45, 7) is 2.09. The largest absolute Gasteiger partial charge is 0.484 e. The lowest BCUT2D eigenvalue weighted by Gasteiger charge is -2.11. The molecule has 0 aliphatic heterocycles. The van der Waals surface area contributed by atoms with Gasteiger partial charge in [0.1, 0.15) is 17.4 Å². The van der Waals surface area contributed by atoms with E-state index in [4.69, 9.17) is 5.26 Å². The van der Waals surface area contributed by atoms with E-state index in [1.165, 1.54) is 12.1 Å². The number of hydrogen-bond acceptors (Lipinski definition) is 4. The van der Waals surface area contributed by atoms with E-state index in [9.17, 15) is 18.0 Å². The molecule has 0 radical (unpaired) electrons. The molecule has 0 amide bonds. The first-order valence-electron chi connectivity index (χ1n) is 6.98. The van der Waals surface area contributed by atoms with Gasteiger partial charge in [0.25, 0.3) is 5.56 Å². The van der Waals surface area contributed by atoms with Gasteiger partial charge in [-0.15, -0.1) is 0 Å². The van der Waals surface area contributed by atoms with Crippen molar-refractivity contribution < 1.29 is 17.9 Å². The number of hydrogen-bond donors (Lipinski definition) is 0. The van der Waals surface area contributed by atoms with E-state index in [2.05, 4.69) is 9.84 Å². The van der Waals surface area contributed by atoms with Crippen LogP contribution in [0.5, 0.6) is 5.75 Å². The van der Waals surface area contributed by atoms with E-state index in [0.717, 1.165) is 4.68 Å². The number of ether oxygens (including phenoxy) is 1. The summed E-state index contributed by atoms with van der Waals surface area (Å²) in [7, 11) is 0. The number of alkyl halides is 3. The smallest absolute Gasteiger partial charge is 0.422 e. The van der Waals surface area contributed by atoms with Crippen molar-refractivity contribution in [3.63, 3.8) is 0 Å². The zero-order valence-corrected chi connectivity index (χ0v) is 13.0. The third kappa shape index (κ3) is 4.13. The molecule has 0 saturated carbocycles. The van der Waals surface area contributed by atoms with E-state index < -0.39 is 18.3 Å². The van der Waals surface area contributed by atoms with Gasteiger partial charge in [0.2, 0.25) is 0 Å². The molecule has 0 aliphatic carbocycles. The fourth-order valence-electron chi connectivity index (χ4n) is 2.04. The second kappa shape index (κ2) is 6.74. The van der Waals surface area contributed by atoms with Gasteiger partial charge in [-0.2, -0.15) is 23.5 Å². The Morgan fingerprint density at radius 3 is 2.42 bits per heavy atom. The van der Waals surface area contributed by atoms with Crippen LogP contribution in [0.3, 0.4) is 0 Å². The van der Waals surface area contributed by atoms with Crippen LogP contribution in [0.1, 0.15) is 22.4 Å². The summed E-state index contributed by atoms with van der Waals surface area (Å²) in [5.41, 5.74) is 1.28. The molecule has 0 N–H and O–H groups in total. The van der Waals surface area contributed by atoms with Crippen LogP contribution in [0.25, 0.3) is 0 Å². The Labute approximate surface area is 135 Å². The van der Waals surface area contributed by atoms with Crippen molar-refractivity contribution in [2.24, 2.45) is 0 Å². The molecule has 1 heterocycles. The summed E-state index contributed by atoms with van der Waals surface area (Å²) in [5.74, 6) is 0.0779. The number of aromatic nitrogens is 2. The van der Waals surface area contributed by atoms with Gasteiger partial charge in [-0.1, -0.05) is 12.1 Å². The van der Waals surface area contributed by atoms with Crippen molar-refractivity contribution >= 4 is 0 Å². The lowest BCUT2D eigenvalue weighted by atomic mass is 10.1. The fourth-order valence-corrected chi connectivity index (χ4v) is 2.04. The highest BCUT2D eigenvalue weighted by atomic mass is 19.4. The van der Waals surface area contributed by atoms with E-state index in [-0.39, 0.29) is 17.9 Å². The number of benzene rings is 1. The maximum Gasteiger partial charge on any atom is 0.422 e. The zero-order valence-electron chi connectivity index (χ0n) is 13.0. The Morgan fingerprint density at radius 1 is 1.25 bits per heavy atom. The summed E-state index contributed by atoms with van der Waals surface area (Å²) < 4.78 is 42.1. The first kappa shape index (κ1) is 17.5. The van der Waals surface area contributed by atoms with Gasteiger partial charge in [-0.25, -0.2) is 4.68 Å². The molecular formula is C16H14F3N3O2. The SMILES string of the molecule is Cc1nn(Cc2ccc(OCC(F)(F)F)cc2)c(=O)c(C#N)c1C. The summed E-state index contributed by atoms with van der Waals surface area (Å²) in [6, 6.07) is 7.73. The Morgan fingerprint density at radius 2 is 1.88 bits per heavy atom. The van der Waals surface area contributed by atoms with Crippen molar-refractivity contribution in [2.45, 2.75) is 26.6 Å². The van der Waals surface area contributed by atoms with Crippen LogP contribution in [0, 0.1) is 25.2 Å². The predicted octanol–water partition coefficient (Wildman–Crippen LogP) is 2.72. The minimum Gasteiger partial charge on any atom is -0.484 e. The molecule has 1 aromatic carbocycles. The molecule has 5 nitrogen and oxygen atoms in total. The van der Waals surface area contributed by atoms with Crippen LogP contribution in [-0.2, 0) is 6.54 Å². The average Bonchev–Trinajstić information content (AvgIpc) is 2.52. The van der Waals surface area contributed by atoms with Crippen LogP contribution >= 0.6 is 0 Å². The topological polar surface area (TPSA) is 67.9 Å². The molecule has 1 aromatic heterocycles. The summed E-state index contributed by atoms with van der Waals surface area (Å²) >= 11 is 0. The lowest BCUT2D eigenvalue weighted by molar-refractivity contribution is -0.153. The van der Waals surface area contributed by atoms with E-state index in [0.29, 0.717) is 16.8 Å². The number of halogens is 3. The van der Waals surface area contributed by atoms with Gasteiger partial charge in [0.05, 0.1) is 12.2 Å². The number of aryl methyl sites for hydroxylation is 1. The van der Waals surface area contributed by atoms with Crippen LogP contribution < -0.4 is 10.3 Å². The van der Waals surface area contributed by atoms with Gasteiger partial charge in [-0.3, -0.25) is 4.79 Å². The van der Waals surface area contributed by atoms with Gasteiger partial charge < -0.3 is 4.74 Å². The molecule has 24 heavy (non-hydrogen) atoms. The highest BCUT2D eigenvalue weighted by Crippen LogP contribution is 2.19. The number of nitrogens with zero attached hydrogens (tertiary/aromatic N) is 3. The predicted molar refractivity (Wildman–Crippen MR) is 79.8 cm³/mol. The normalized spacial score (nSPS) is 11.2. The van der Waals surface area contributed by atoms with Crippen molar-refractivity contribution in [2.75, 3.05) is 6.61 Å². The van der Waals surface area contributed by atoms with Crippen LogP contribution in [0.2, 0.25) is 0 Å². The zero-order chi connectivity index (χ0) is 17.9. The quantitative estimate of drug-likeness (QED) is 0.860. The first-order chi connectivity index (χ1) is 11.2. The number of nitriles is 1. The van der Waals surface area contributed by atoms with E-state index in [1.807, 2.05) is 6.07 Å². The minimum absolute atomic E-state index is 0.0348. The Bertz CT molecular complexity index is 834. The van der Waals surface area contributed by atoms with Gasteiger partial charge in [0, 0.05) is 0 Å². The van der Waals surface area contributed by atoms with E-state index in [1.54, 1.807) is 26.0 Å². The third-order valence-electron chi connectivity index (χ3n) is 3.41. The maximum absolute atomic E-state index is 12.2. The molecule has 0 atom stereocenters. The van der Waals surface area contributed by atoms with Crippen LogP contribution in [-0.4, -0.2) is 22.6 Å². The van der Waals surface area contributed by atoms with Crippen molar-refractivity contribution in [3.05, 3.63) is 57.0 Å². The molecule has 0 unspecified atom stereocenters. The highest BCUT2D eigenvalue weighted by Gasteiger charge is 2.28. The molecular weight excluding hydrogens is 323 g/mol. The standard InChI is InChI=1S/C16H14F3N3O2/c1-10-11(2)21-22(15(23)14(10)7-20)8-12-3-5-13(6-4-12)24-9-16(17,18)19/h3-6H,8-9H2,1-2H3.